The second kappa shape index (κ2) is 11.0. The fourth-order valence-electron chi connectivity index (χ4n) is 7.11. The van der Waals surface area contributed by atoms with Gasteiger partial charge in [-0.1, -0.05) is 78.9 Å². The summed E-state index contributed by atoms with van der Waals surface area (Å²) in [6, 6.07) is 43.5. The van der Waals surface area contributed by atoms with Crippen molar-refractivity contribution in [2.75, 3.05) is 4.90 Å². The lowest BCUT2D eigenvalue weighted by Crippen LogP contribution is -2.30. The van der Waals surface area contributed by atoms with E-state index in [1.54, 1.807) is 30.9 Å². The SMILES string of the molecule is O=C1c2cccc(-n3c4cccc(-c5ccncc5)c4c4c(-c5ccncc5)cccc43)c2C(=O)N1c1ccccc1-c1ccccc1. The predicted molar refractivity (Wildman–Crippen MR) is 190 cm³/mol. The molecule has 5 aromatic carbocycles. The van der Waals surface area contributed by atoms with Crippen molar-refractivity contribution >= 4 is 39.3 Å². The van der Waals surface area contributed by atoms with E-state index in [-0.39, 0.29) is 11.8 Å². The molecular formula is C42H26N4O2. The Bertz CT molecular complexity index is 2440. The molecule has 4 heterocycles. The largest absolute Gasteiger partial charge is 0.308 e. The summed E-state index contributed by atoms with van der Waals surface area (Å²) < 4.78 is 2.14. The molecule has 0 N–H and O–H groups in total. The van der Waals surface area contributed by atoms with Crippen molar-refractivity contribution in [3.05, 3.63) is 169 Å². The van der Waals surface area contributed by atoms with E-state index < -0.39 is 0 Å². The van der Waals surface area contributed by atoms with Crippen LogP contribution in [0.4, 0.5) is 5.69 Å². The van der Waals surface area contributed by atoms with Gasteiger partial charge in [-0.15, -0.1) is 0 Å². The zero-order valence-electron chi connectivity index (χ0n) is 25.6. The van der Waals surface area contributed by atoms with E-state index in [2.05, 4.69) is 38.8 Å². The molecule has 2 amide bonds. The highest BCUT2D eigenvalue weighted by Crippen LogP contribution is 2.45. The van der Waals surface area contributed by atoms with Gasteiger partial charge in [-0.05, 0) is 82.4 Å². The topological polar surface area (TPSA) is 68.1 Å². The Hall–Kier alpha value is -6.66. The minimum atomic E-state index is -0.348. The molecule has 9 rings (SSSR count). The minimum Gasteiger partial charge on any atom is -0.308 e. The Kier molecular flexibility index (Phi) is 6.33. The lowest BCUT2D eigenvalue weighted by molar-refractivity contribution is 0.0926. The van der Waals surface area contributed by atoms with Gasteiger partial charge in [0.2, 0.25) is 0 Å². The number of carbonyl (C=O) groups excluding carboxylic acids is 2. The van der Waals surface area contributed by atoms with Crippen molar-refractivity contribution < 1.29 is 9.59 Å². The quantitative estimate of drug-likeness (QED) is 0.180. The zero-order valence-corrected chi connectivity index (χ0v) is 25.6. The summed E-state index contributed by atoms with van der Waals surface area (Å²) in [5.41, 5.74) is 9.75. The van der Waals surface area contributed by atoms with Gasteiger partial charge in [0.15, 0.2) is 0 Å². The maximum atomic E-state index is 14.6. The molecule has 226 valence electrons. The standard InChI is InChI=1S/C42H26N4O2/c47-41-33-14-8-18-37(40(33)42(48)46(41)34-15-5-4-11-30(34)27-9-2-1-3-10-27)45-35-16-6-12-31(28-19-23-43-24-20-28)38(35)39-32(13-7-17-36(39)45)29-21-25-44-26-22-29/h1-26H. The van der Waals surface area contributed by atoms with Gasteiger partial charge in [0.05, 0.1) is 33.5 Å². The van der Waals surface area contributed by atoms with Gasteiger partial charge in [0.1, 0.15) is 0 Å². The van der Waals surface area contributed by atoms with E-state index in [9.17, 15) is 9.59 Å². The van der Waals surface area contributed by atoms with Crippen LogP contribution in [0.25, 0.3) is 60.9 Å². The van der Waals surface area contributed by atoms with Crippen molar-refractivity contribution in [3.63, 3.8) is 0 Å². The van der Waals surface area contributed by atoms with Crippen molar-refractivity contribution in [1.29, 1.82) is 0 Å². The van der Waals surface area contributed by atoms with Crippen molar-refractivity contribution in [2.45, 2.75) is 0 Å². The average Bonchev–Trinajstić information content (AvgIpc) is 3.63. The number of anilines is 1. The number of para-hydroxylation sites is 1. The van der Waals surface area contributed by atoms with Gasteiger partial charge in [-0.25, -0.2) is 4.90 Å². The Morgan fingerprint density at radius 1 is 0.396 bits per heavy atom. The number of fused-ring (bicyclic) bond motifs is 4. The molecule has 0 atom stereocenters. The molecule has 8 aromatic rings. The smallest absolute Gasteiger partial charge is 0.268 e. The molecule has 0 radical (unpaired) electrons. The summed E-state index contributed by atoms with van der Waals surface area (Å²) in [6.07, 6.45) is 7.20. The molecule has 1 aliphatic rings. The van der Waals surface area contributed by atoms with Crippen LogP contribution in [0.2, 0.25) is 0 Å². The number of hydrogen-bond acceptors (Lipinski definition) is 4. The first-order valence-corrected chi connectivity index (χ1v) is 15.7. The highest BCUT2D eigenvalue weighted by Gasteiger charge is 2.40. The zero-order chi connectivity index (χ0) is 32.2. The molecule has 0 spiro atoms. The number of hydrogen-bond donors (Lipinski definition) is 0. The van der Waals surface area contributed by atoms with Crippen LogP contribution < -0.4 is 4.90 Å². The van der Waals surface area contributed by atoms with Crippen molar-refractivity contribution in [3.8, 4) is 39.1 Å². The second-order valence-electron chi connectivity index (χ2n) is 11.7. The lowest BCUT2D eigenvalue weighted by Gasteiger charge is -2.18. The van der Waals surface area contributed by atoms with E-state index in [0.717, 1.165) is 55.2 Å². The number of imide groups is 1. The fourth-order valence-corrected chi connectivity index (χ4v) is 7.11. The molecule has 0 aliphatic carbocycles. The highest BCUT2D eigenvalue weighted by atomic mass is 16.2. The third kappa shape index (κ3) is 4.13. The Balaban J connectivity index is 1.32. The van der Waals surface area contributed by atoms with E-state index in [0.29, 0.717) is 22.5 Å². The van der Waals surface area contributed by atoms with Gasteiger partial charge in [-0.3, -0.25) is 19.6 Å². The summed E-state index contributed by atoms with van der Waals surface area (Å²) >= 11 is 0. The van der Waals surface area contributed by atoms with Crippen LogP contribution in [-0.4, -0.2) is 26.3 Å². The molecule has 6 heteroatoms. The van der Waals surface area contributed by atoms with Gasteiger partial charge in [0, 0.05) is 41.1 Å². The minimum absolute atomic E-state index is 0.337. The number of aromatic nitrogens is 3. The fraction of sp³-hybridized carbons (Fsp3) is 0. The maximum Gasteiger partial charge on any atom is 0.268 e. The molecule has 0 saturated heterocycles. The normalized spacial score (nSPS) is 12.6. The average molecular weight is 619 g/mol. The molecule has 0 bridgehead atoms. The van der Waals surface area contributed by atoms with Crippen LogP contribution >= 0.6 is 0 Å². The van der Waals surface area contributed by atoms with Crippen LogP contribution in [0.3, 0.4) is 0 Å². The van der Waals surface area contributed by atoms with Crippen LogP contribution in [0.1, 0.15) is 20.7 Å². The van der Waals surface area contributed by atoms with Crippen LogP contribution in [-0.2, 0) is 0 Å². The monoisotopic (exact) mass is 618 g/mol. The van der Waals surface area contributed by atoms with Crippen LogP contribution in [0.5, 0.6) is 0 Å². The number of nitrogens with zero attached hydrogens (tertiary/aromatic N) is 4. The molecule has 0 fully saturated rings. The first kappa shape index (κ1) is 27.6. The number of benzene rings is 5. The van der Waals surface area contributed by atoms with E-state index in [1.165, 1.54) is 4.90 Å². The first-order chi connectivity index (χ1) is 23.7. The number of amides is 2. The van der Waals surface area contributed by atoms with Crippen molar-refractivity contribution in [2.24, 2.45) is 0 Å². The summed E-state index contributed by atoms with van der Waals surface area (Å²) in [5, 5.41) is 2.10. The predicted octanol–water partition coefficient (Wildman–Crippen LogP) is 9.38. The van der Waals surface area contributed by atoms with E-state index in [4.69, 9.17) is 0 Å². The molecule has 48 heavy (non-hydrogen) atoms. The van der Waals surface area contributed by atoms with E-state index in [1.807, 2.05) is 103 Å². The van der Waals surface area contributed by atoms with Crippen LogP contribution in [0, 0.1) is 0 Å². The number of rotatable bonds is 5. The molecule has 0 saturated carbocycles. The van der Waals surface area contributed by atoms with Crippen molar-refractivity contribution in [1.82, 2.24) is 14.5 Å². The first-order valence-electron chi connectivity index (χ1n) is 15.7. The van der Waals surface area contributed by atoms with Gasteiger partial charge < -0.3 is 4.57 Å². The maximum absolute atomic E-state index is 14.6. The highest BCUT2D eigenvalue weighted by molar-refractivity contribution is 6.36. The summed E-state index contributed by atoms with van der Waals surface area (Å²) in [7, 11) is 0. The third-order valence-electron chi connectivity index (χ3n) is 9.16. The molecule has 0 unspecified atom stereocenters. The second-order valence-corrected chi connectivity index (χ2v) is 11.7. The van der Waals surface area contributed by atoms with E-state index >= 15 is 0 Å². The molecule has 6 nitrogen and oxygen atoms in total. The Morgan fingerprint density at radius 2 is 0.875 bits per heavy atom. The van der Waals surface area contributed by atoms with Gasteiger partial charge in [-0.2, -0.15) is 0 Å². The summed E-state index contributed by atoms with van der Waals surface area (Å²) in [6.45, 7) is 0. The summed E-state index contributed by atoms with van der Waals surface area (Å²) in [5.74, 6) is -0.685. The molecule has 3 aromatic heterocycles. The Morgan fingerprint density at radius 3 is 1.50 bits per heavy atom. The van der Waals surface area contributed by atoms with Crippen LogP contribution in [0.15, 0.2) is 158 Å². The molecule has 1 aliphatic heterocycles. The Labute approximate surface area is 276 Å². The number of carbonyl (C=O) groups is 2. The third-order valence-corrected chi connectivity index (χ3v) is 9.16. The number of pyridine rings is 2. The van der Waals surface area contributed by atoms with Gasteiger partial charge >= 0.3 is 0 Å². The summed E-state index contributed by atoms with van der Waals surface area (Å²) in [4.78, 5) is 38.7. The lowest BCUT2D eigenvalue weighted by atomic mass is 9.95. The van der Waals surface area contributed by atoms with Gasteiger partial charge in [0.25, 0.3) is 11.8 Å². The molecular weight excluding hydrogens is 592 g/mol.